The number of nitrogens with two attached hydrogens (primary N) is 1. The Morgan fingerprint density at radius 2 is 1.80 bits per heavy atom. The third kappa shape index (κ3) is 10.0. The van der Waals surface area contributed by atoms with Crippen LogP contribution in [-0.2, 0) is 0 Å². The minimum Gasteiger partial charge on any atom is -0.399 e. The van der Waals surface area contributed by atoms with Gasteiger partial charge >= 0.3 is 0 Å². The predicted octanol–water partition coefficient (Wildman–Crippen LogP) is 9.67. The van der Waals surface area contributed by atoms with E-state index in [4.69, 9.17) is 5.73 Å². The molecule has 2 heterocycles. The second kappa shape index (κ2) is 14.5. The monoisotopic (exact) mass is 554 g/mol. The minimum absolute atomic E-state index is 0.151. The van der Waals surface area contributed by atoms with Gasteiger partial charge < -0.3 is 16.4 Å². The van der Waals surface area contributed by atoms with Crippen LogP contribution in [0.1, 0.15) is 69.7 Å². The molecule has 0 aliphatic carbocycles. The summed E-state index contributed by atoms with van der Waals surface area (Å²) in [5.74, 6) is 0. The Kier molecular flexibility index (Phi) is 11.8. The van der Waals surface area contributed by atoms with E-state index in [2.05, 4.69) is 120 Å². The second-order valence-electron chi connectivity index (χ2n) is 11.2. The summed E-state index contributed by atoms with van der Waals surface area (Å²) in [6.07, 6.45) is 13.0. The van der Waals surface area contributed by atoms with Gasteiger partial charge in [0, 0.05) is 50.7 Å². The van der Waals surface area contributed by atoms with Crippen LogP contribution >= 0.6 is 11.3 Å². The maximum atomic E-state index is 6.25. The van der Waals surface area contributed by atoms with Crippen LogP contribution in [0.4, 0.5) is 5.69 Å². The quantitative estimate of drug-likeness (QED) is 0.216. The van der Waals surface area contributed by atoms with Crippen molar-refractivity contribution in [1.29, 1.82) is 0 Å². The van der Waals surface area contributed by atoms with Crippen LogP contribution in [0.25, 0.3) is 11.1 Å². The lowest BCUT2D eigenvalue weighted by molar-refractivity contribution is 0.411. The Balaban J connectivity index is 2.25. The molecule has 0 unspecified atom stereocenters. The molecule has 0 saturated heterocycles. The summed E-state index contributed by atoms with van der Waals surface area (Å²) in [7, 11) is 0. The number of hydrogen-bond donors (Lipinski definition) is 3. The molecule has 0 radical (unpaired) electrons. The zero-order valence-electron chi connectivity index (χ0n) is 25.4. The lowest BCUT2D eigenvalue weighted by Gasteiger charge is -2.21. The Morgan fingerprint density at radius 3 is 2.35 bits per heavy atom. The van der Waals surface area contributed by atoms with Crippen molar-refractivity contribution in [2.75, 3.05) is 5.32 Å². The van der Waals surface area contributed by atoms with Crippen LogP contribution < -0.4 is 16.4 Å². The van der Waals surface area contributed by atoms with E-state index in [0.29, 0.717) is 12.1 Å². The molecule has 0 aliphatic rings. The van der Waals surface area contributed by atoms with Crippen molar-refractivity contribution in [1.82, 2.24) is 10.3 Å². The number of aromatic nitrogens is 1. The Hall–Kier alpha value is -3.83. The molecule has 0 saturated carbocycles. The lowest BCUT2D eigenvalue weighted by atomic mass is 9.91. The number of pyridine rings is 1. The van der Waals surface area contributed by atoms with Crippen LogP contribution in [0.3, 0.4) is 0 Å². The zero-order valence-corrected chi connectivity index (χ0v) is 26.2. The largest absolute Gasteiger partial charge is 0.399 e. The van der Waals surface area contributed by atoms with Crippen molar-refractivity contribution in [3.63, 3.8) is 0 Å². The van der Waals surface area contributed by atoms with Crippen molar-refractivity contribution in [3.05, 3.63) is 130 Å². The van der Waals surface area contributed by atoms with Crippen LogP contribution in [0.15, 0.2) is 115 Å². The molecule has 212 valence electrons. The molecule has 0 bridgehead atoms. The Bertz CT molecular complexity index is 1390. The summed E-state index contributed by atoms with van der Waals surface area (Å²) in [5.41, 5.74) is 15.8. The molecule has 0 spiro atoms. The number of nitrogens with one attached hydrogen (secondary N) is 2. The highest BCUT2D eigenvalue weighted by Crippen LogP contribution is 2.31. The summed E-state index contributed by atoms with van der Waals surface area (Å²) in [4.78, 5) is 6.94. The van der Waals surface area contributed by atoms with E-state index < -0.39 is 0 Å². The van der Waals surface area contributed by atoms with Crippen molar-refractivity contribution in [2.24, 2.45) is 11.1 Å². The van der Waals surface area contributed by atoms with Crippen molar-refractivity contribution in [3.8, 4) is 0 Å². The molecule has 2 aromatic rings. The minimum atomic E-state index is 0.151. The molecule has 0 atom stereocenters. The van der Waals surface area contributed by atoms with Gasteiger partial charge in [0.05, 0.1) is 11.9 Å². The van der Waals surface area contributed by atoms with E-state index in [1.54, 1.807) is 11.3 Å². The van der Waals surface area contributed by atoms with Crippen LogP contribution in [0.5, 0.6) is 0 Å². The first-order valence-electron chi connectivity index (χ1n) is 13.5. The first kappa shape index (κ1) is 32.4. The molecule has 2 rings (SSSR count). The van der Waals surface area contributed by atoms with Crippen LogP contribution in [-0.4, -0.2) is 4.98 Å². The molecule has 4 N–H and O–H groups in total. The van der Waals surface area contributed by atoms with Gasteiger partial charge in [-0.05, 0) is 86.1 Å². The second-order valence-corrected chi connectivity index (χ2v) is 12.5. The van der Waals surface area contributed by atoms with E-state index in [-0.39, 0.29) is 5.41 Å². The fourth-order valence-electron chi connectivity index (χ4n) is 4.26. The van der Waals surface area contributed by atoms with E-state index in [1.165, 1.54) is 9.75 Å². The standard InChI is InChI=1S/C35H46N4S/c1-12-14-33(34-16-15-25(5)40-34)26(6)28(8)38-23(3)17-30(27(7)36)18-29(13-2)31-19-32(22-37-21-31)39-24(4)20-35(9,10)11/h12-16,18-19,21-22,38-39H,1,3-4,7,17,20,36H2,2,5-6,8-11H3/b28-26+,29-13+,30-18-,33-14+. The third-order valence-electron chi connectivity index (χ3n) is 6.21. The predicted molar refractivity (Wildman–Crippen MR) is 179 cm³/mol. The maximum Gasteiger partial charge on any atom is 0.0574 e. The molecular formula is C35H46N4S. The van der Waals surface area contributed by atoms with Gasteiger partial charge in [0.2, 0.25) is 0 Å². The highest BCUT2D eigenvalue weighted by molar-refractivity contribution is 7.13. The van der Waals surface area contributed by atoms with Crippen LogP contribution in [0, 0.1) is 12.3 Å². The summed E-state index contributed by atoms with van der Waals surface area (Å²) in [6, 6.07) is 6.36. The number of thiophene rings is 1. The number of allylic oxidation sites excluding steroid dienone is 11. The van der Waals surface area contributed by atoms with E-state index in [1.807, 2.05) is 25.4 Å². The number of rotatable bonds is 13. The van der Waals surface area contributed by atoms with E-state index in [0.717, 1.165) is 57.1 Å². The number of anilines is 1. The van der Waals surface area contributed by atoms with Gasteiger partial charge in [-0.3, -0.25) is 4.98 Å². The van der Waals surface area contributed by atoms with Gasteiger partial charge in [-0.2, -0.15) is 0 Å². The number of nitrogens with zero attached hydrogens (tertiary/aromatic N) is 1. The molecule has 2 aromatic heterocycles. The SMILES string of the molecule is C=C/C=C(\C(C)=C(/C)NC(=C)C/C(=C/C(=C\C)c1cncc(NC(=C)CC(C)(C)C)c1)C(=C)N)c1ccc(C)s1. The maximum absolute atomic E-state index is 6.25. The molecule has 0 fully saturated rings. The van der Waals surface area contributed by atoms with Crippen LogP contribution in [0.2, 0.25) is 0 Å². The van der Waals surface area contributed by atoms with Crippen molar-refractivity contribution in [2.45, 2.75) is 61.3 Å². The first-order chi connectivity index (χ1) is 18.7. The Morgan fingerprint density at radius 1 is 1.10 bits per heavy atom. The van der Waals surface area contributed by atoms with E-state index >= 15 is 0 Å². The van der Waals surface area contributed by atoms with Crippen molar-refractivity contribution < 1.29 is 0 Å². The molecule has 0 aromatic carbocycles. The normalized spacial score (nSPS) is 13.4. The fraction of sp³-hybridized carbons (Fsp3) is 0.286. The molecule has 4 nitrogen and oxygen atoms in total. The fourth-order valence-corrected chi connectivity index (χ4v) is 5.21. The summed E-state index contributed by atoms with van der Waals surface area (Å²) in [6.45, 7) is 31.3. The topological polar surface area (TPSA) is 63.0 Å². The highest BCUT2D eigenvalue weighted by atomic mass is 32.1. The Labute approximate surface area is 246 Å². The van der Waals surface area contributed by atoms with Gasteiger partial charge in [0.15, 0.2) is 0 Å². The average Bonchev–Trinajstić information content (AvgIpc) is 3.29. The first-order valence-corrected chi connectivity index (χ1v) is 14.3. The zero-order chi connectivity index (χ0) is 30.0. The van der Waals surface area contributed by atoms with Gasteiger partial charge in [0.1, 0.15) is 0 Å². The van der Waals surface area contributed by atoms with Crippen molar-refractivity contribution >= 4 is 28.2 Å². The summed E-state index contributed by atoms with van der Waals surface area (Å²) in [5, 5.41) is 6.89. The molecular weight excluding hydrogens is 508 g/mol. The molecule has 5 heteroatoms. The molecule has 0 aliphatic heterocycles. The molecule has 0 amide bonds. The van der Waals surface area contributed by atoms with E-state index in [9.17, 15) is 0 Å². The van der Waals surface area contributed by atoms with Gasteiger partial charge in [0.25, 0.3) is 0 Å². The highest BCUT2D eigenvalue weighted by Gasteiger charge is 2.13. The average molecular weight is 555 g/mol. The summed E-state index contributed by atoms with van der Waals surface area (Å²) < 4.78 is 0. The van der Waals surface area contributed by atoms with Gasteiger partial charge in [-0.15, -0.1) is 11.3 Å². The lowest BCUT2D eigenvalue weighted by Crippen LogP contribution is -2.14. The molecule has 40 heavy (non-hydrogen) atoms. The summed E-state index contributed by atoms with van der Waals surface area (Å²) >= 11 is 1.77. The van der Waals surface area contributed by atoms with Gasteiger partial charge in [-0.25, -0.2) is 0 Å². The number of aryl methyl sites for hydroxylation is 1. The third-order valence-corrected chi connectivity index (χ3v) is 7.25. The van der Waals surface area contributed by atoms with Gasteiger partial charge in [-0.1, -0.05) is 65.3 Å². The smallest absolute Gasteiger partial charge is 0.0574 e. The number of hydrogen-bond acceptors (Lipinski definition) is 5.